The molecule has 3 heteroatoms. The van der Waals surface area contributed by atoms with Gasteiger partial charge in [-0.25, -0.2) is 0 Å². The minimum absolute atomic E-state index is 0.0507. The molecule has 0 aromatic heterocycles. The summed E-state index contributed by atoms with van der Waals surface area (Å²) >= 11 is 6.26. The van der Waals surface area contributed by atoms with E-state index in [1.165, 1.54) is 17.5 Å². The first-order chi connectivity index (χ1) is 10.5. The van der Waals surface area contributed by atoms with E-state index in [1.807, 2.05) is 12.1 Å². The van der Waals surface area contributed by atoms with Crippen molar-refractivity contribution >= 4 is 11.6 Å². The lowest BCUT2D eigenvalue weighted by Crippen LogP contribution is -2.45. The zero-order valence-electron chi connectivity index (χ0n) is 13.1. The summed E-state index contributed by atoms with van der Waals surface area (Å²) in [6, 6.07) is 5.91. The summed E-state index contributed by atoms with van der Waals surface area (Å²) in [5.41, 5.74) is 2.81. The van der Waals surface area contributed by atoms with E-state index in [4.69, 9.17) is 11.6 Å². The van der Waals surface area contributed by atoms with E-state index in [1.54, 1.807) is 0 Å². The van der Waals surface area contributed by atoms with Gasteiger partial charge >= 0.3 is 0 Å². The summed E-state index contributed by atoms with van der Waals surface area (Å²) in [4.78, 5) is 0. The predicted molar refractivity (Wildman–Crippen MR) is 88.3 cm³/mol. The number of aromatic hydroxyl groups is 1. The number of rotatable bonds is 1. The van der Waals surface area contributed by atoms with Crippen LogP contribution in [0.2, 0.25) is 0 Å². The molecular weight excluding hydrogens is 296 g/mol. The van der Waals surface area contributed by atoms with Crippen molar-refractivity contribution in [3.05, 3.63) is 29.3 Å². The minimum Gasteiger partial charge on any atom is -0.508 e. The van der Waals surface area contributed by atoms with Crippen LogP contribution in [-0.4, -0.2) is 22.2 Å². The first-order valence-corrected chi connectivity index (χ1v) is 9.14. The molecule has 120 valence electrons. The van der Waals surface area contributed by atoms with E-state index in [0.29, 0.717) is 35.3 Å². The number of alkyl halides is 1. The van der Waals surface area contributed by atoms with Crippen LogP contribution in [0.1, 0.15) is 49.7 Å². The highest BCUT2D eigenvalue weighted by Gasteiger charge is 2.58. The molecule has 0 bridgehead atoms. The number of aliphatic hydroxyl groups is 1. The lowest BCUT2D eigenvalue weighted by atomic mass is 9.54. The maximum absolute atomic E-state index is 10.6. The monoisotopic (exact) mass is 320 g/mol. The number of fused-ring (bicyclic) bond motifs is 5. The Bertz CT molecular complexity index is 587. The van der Waals surface area contributed by atoms with Gasteiger partial charge in [0.25, 0.3) is 0 Å². The molecule has 0 spiro atoms. The third kappa shape index (κ3) is 1.96. The van der Waals surface area contributed by atoms with Crippen molar-refractivity contribution in [2.75, 3.05) is 5.88 Å². The van der Waals surface area contributed by atoms with E-state index in [2.05, 4.69) is 13.0 Å². The van der Waals surface area contributed by atoms with Gasteiger partial charge in [0.05, 0.1) is 6.10 Å². The number of halogens is 1. The Morgan fingerprint density at radius 3 is 2.91 bits per heavy atom. The number of hydrogen-bond donors (Lipinski definition) is 2. The fourth-order valence-electron chi connectivity index (χ4n) is 5.98. The summed E-state index contributed by atoms with van der Waals surface area (Å²) in [5, 5.41) is 20.4. The Morgan fingerprint density at radius 2 is 2.14 bits per heavy atom. The number of aliphatic hydroxyl groups excluding tert-OH is 1. The highest BCUT2D eigenvalue weighted by molar-refractivity contribution is 6.18. The SMILES string of the molecule is C[C@]12CC[C@@H]3c4ccc(O)cc4CC[C@H]3[C@@H]1C(CCl)CC2O. The van der Waals surface area contributed by atoms with E-state index in [9.17, 15) is 10.2 Å². The Balaban J connectivity index is 1.73. The maximum atomic E-state index is 10.6. The van der Waals surface area contributed by atoms with Crippen molar-refractivity contribution < 1.29 is 10.2 Å². The molecule has 1 aromatic rings. The van der Waals surface area contributed by atoms with E-state index in [0.717, 1.165) is 25.7 Å². The van der Waals surface area contributed by atoms with Crippen molar-refractivity contribution in [3.63, 3.8) is 0 Å². The third-order valence-corrected chi connectivity index (χ3v) is 7.40. The minimum atomic E-state index is -0.191. The number of hydrogen-bond acceptors (Lipinski definition) is 2. The largest absolute Gasteiger partial charge is 0.508 e. The quantitative estimate of drug-likeness (QED) is 0.766. The van der Waals surface area contributed by atoms with Gasteiger partial charge in [0.15, 0.2) is 0 Å². The van der Waals surface area contributed by atoms with E-state index >= 15 is 0 Å². The Morgan fingerprint density at radius 1 is 1.32 bits per heavy atom. The highest BCUT2D eigenvalue weighted by atomic mass is 35.5. The molecule has 22 heavy (non-hydrogen) atoms. The van der Waals surface area contributed by atoms with Crippen LogP contribution in [0.15, 0.2) is 18.2 Å². The van der Waals surface area contributed by atoms with Gasteiger partial charge < -0.3 is 10.2 Å². The second-order valence-corrected chi connectivity index (χ2v) is 8.24. The van der Waals surface area contributed by atoms with Crippen molar-refractivity contribution in [1.82, 2.24) is 0 Å². The normalized spacial score (nSPS) is 43.3. The lowest BCUT2D eigenvalue weighted by molar-refractivity contribution is -0.0284. The predicted octanol–water partition coefficient (Wildman–Crippen LogP) is 4.07. The first-order valence-electron chi connectivity index (χ1n) is 8.60. The molecule has 0 saturated heterocycles. The molecule has 2 nitrogen and oxygen atoms in total. The van der Waals surface area contributed by atoms with Crippen molar-refractivity contribution in [3.8, 4) is 5.75 Å². The van der Waals surface area contributed by atoms with Crippen molar-refractivity contribution in [2.24, 2.45) is 23.2 Å². The van der Waals surface area contributed by atoms with Gasteiger partial charge in [0.1, 0.15) is 5.75 Å². The molecule has 6 atom stereocenters. The Kier molecular flexibility index (Phi) is 3.47. The molecule has 4 rings (SSSR count). The molecule has 1 aromatic carbocycles. The molecule has 0 heterocycles. The maximum Gasteiger partial charge on any atom is 0.115 e. The molecule has 3 aliphatic carbocycles. The number of aryl methyl sites for hydroxylation is 1. The summed E-state index contributed by atoms with van der Waals surface area (Å²) < 4.78 is 0. The summed E-state index contributed by atoms with van der Waals surface area (Å²) in [6.45, 7) is 2.29. The molecule has 0 amide bonds. The number of phenols is 1. The van der Waals surface area contributed by atoms with Gasteiger partial charge in [0.2, 0.25) is 0 Å². The lowest BCUT2D eigenvalue weighted by Gasteiger charge is -2.51. The van der Waals surface area contributed by atoms with Crippen LogP contribution in [0.5, 0.6) is 5.75 Å². The van der Waals surface area contributed by atoms with Gasteiger partial charge in [-0.05, 0) is 84.5 Å². The second kappa shape index (κ2) is 5.14. The summed E-state index contributed by atoms with van der Waals surface area (Å²) in [6.07, 6.45) is 5.14. The topological polar surface area (TPSA) is 40.5 Å². The molecular formula is C19H25ClO2. The zero-order chi connectivity index (χ0) is 15.5. The number of benzene rings is 1. The van der Waals surface area contributed by atoms with Crippen molar-refractivity contribution in [1.29, 1.82) is 0 Å². The standard InChI is InChI=1S/C19H25ClO2/c1-19-7-6-15-14-5-3-13(21)8-11(14)2-4-16(15)18(19)12(10-20)9-17(19)22/h3,5,8,12,15-18,21-22H,2,4,6-7,9-10H2,1H3/t12?,15-,16-,17?,18+,19-/m1/s1. The smallest absolute Gasteiger partial charge is 0.115 e. The van der Waals surface area contributed by atoms with Crippen molar-refractivity contribution in [2.45, 2.75) is 51.0 Å². The van der Waals surface area contributed by atoms with Crippen LogP contribution < -0.4 is 0 Å². The van der Waals surface area contributed by atoms with Crippen LogP contribution in [0, 0.1) is 23.2 Å². The fourth-order valence-corrected chi connectivity index (χ4v) is 6.30. The third-order valence-electron chi connectivity index (χ3n) is 7.00. The number of phenolic OH excluding ortho intramolecular Hbond substituents is 1. The average Bonchev–Trinajstić information content (AvgIpc) is 2.78. The van der Waals surface area contributed by atoms with Crippen LogP contribution >= 0.6 is 11.6 Å². The highest BCUT2D eigenvalue weighted by Crippen LogP contribution is 2.62. The van der Waals surface area contributed by atoms with Gasteiger partial charge in [0, 0.05) is 5.88 Å². The first kappa shape index (κ1) is 14.8. The Hall–Kier alpha value is -0.730. The van der Waals surface area contributed by atoms with Crippen LogP contribution in [0.3, 0.4) is 0 Å². The summed E-state index contributed by atoms with van der Waals surface area (Å²) in [7, 11) is 0. The second-order valence-electron chi connectivity index (χ2n) is 7.93. The molecule has 0 aliphatic heterocycles. The van der Waals surface area contributed by atoms with Gasteiger partial charge in [-0.15, -0.1) is 11.6 Å². The summed E-state index contributed by atoms with van der Waals surface area (Å²) in [5.74, 6) is 3.26. The van der Waals surface area contributed by atoms with E-state index < -0.39 is 0 Å². The van der Waals surface area contributed by atoms with Crippen LogP contribution in [-0.2, 0) is 6.42 Å². The van der Waals surface area contributed by atoms with Crippen LogP contribution in [0.4, 0.5) is 0 Å². The van der Waals surface area contributed by atoms with E-state index in [-0.39, 0.29) is 11.5 Å². The van der Waals surface area contributed by atoms with Crippen LogP contribution in [0.25, 0.3) is 0 Å². The fraction of sp³-hybridized carbons (Fsp3) is 0.684. The average molecular weight is 321 g/mol. The van der Waals surface area contributed by atoms with Gasteiger partial charge in [-0.3, -0.25) is 0 Å². The van der Waals surface area contributed by atoms with Gasteiger partial charge in [-0.1, -0.05) is 13.0 Å². The Labute approximate surface area is 137 Å². The molecule has 2 N–H and O–H groups in total. The van der Waals surface area contributed by atoms with Gasteiger partial charge in [-0.2, -0.15) is 0 Å². The molecule has 2 unspecified atom stereocenters. The molecule has 2 fully saturated rings. The molecule has 0 radical (unpaired) electrons. The molecule has 3 aliphatic rings. The zero-order valence-corrected chi connectivity index (χ0v) is 13.9. The molecule has 2 saturated carbocycles.